The minimum Gasteiger partial charge on any atom is -0.329 e. The van der Waals surface area contributed by atoms with Crippen molar-refractivity contribution < 1.29 is 23.2 Å². The van der Waals surface area contributed by atoms with Gasteiger partial charge in [-0.3, -0.25) is 19.4 Å². The van der Waals surface area contributed by atoms with Crippen molar-refractivity contribution in [3.8, 4) is 11.5 Å². The second-order valence-corrected chi connectivity index (χ2v) is 7.44. The van der Waals surface area contributed by atoms with Gasteiger partial charge < -0.3 is 4.57 Å². The first-order valence-corrected chi connectivity index (χ1v) is 9.74. The third kappa shape index (κ3) is 4.10. The van der Waals surface area contributed by atoms with Crippen LogP contribution in [0.4, 0.5) is 13.2 Å². The molecule has 2 aromatic heterocycles. The van der Waals surface area contributed by atoms with Crippen LogP contribution in [0.2, 0.25) is 0 Å². The number of nitrogens with zero attached hydrogens (tertiary/aromatic N) is 4. The largest absolute Gasteiger partial charge is 0.416 e. The smallest absolute Gasteiger partial charge is 0.329 e. The number of carbonyl (C=O) groups is 1. The number of benzene rings is 2. The Morgan fingerprint density at radius 3 is 2.42 bits per heavy atom. The fourth-order valence-corrected chi connectivity index (χ4v) is 3.46. The third-order valence-corrected chi connectivity index (χ3v) is 5.39. The summed E-state index contributed by atoms with van der Waals surface area (Å²) in [4.78, 5) is 34.0. The third-order valence-electron chi connectivity index (χ3n) is 5.39. The highest BCUT2D eigenvalue weighted by atomic mass is 19.4. The highest BCUT2D eigenvalue weighted by Gasteiger charge is 2.30. The number of aryl methyl sites for hydroxylation is 1. The Morgan fingerprint density at radius 2 is 1.85 bits per heavy atom. The molecular formula is C22H18F3N5O3. The highest BCUT2D eigenvalue weighted by molar-refractivity contribution is 5.97. The van der Waals surface area contributed by atoms with Crippen LogP contribution >= 0.6 is 0 Å². The fourth-order valence-electron chi connectivity index (χ4n) is 3.46. The molecule has 0 aliphatic carbocycles. The summed E-state index contributed by atoms with van der Waals surface area (Å²) in [5.74, 6) is 0.136. The molecule has 170 valence electrons. The summed E-state index contributed by atoms with van der Waals surface area (Å²) in [6.07, 6.45) is -2.92. The molecule has 0 radical (unpaired) electrons. The van der Waals surface area contributed by atoms with Crippen LogP contribution in [0, 0.1) is 6.92 Å². The van der Waals surface area contributed by atoms with E-state index in [-0.39, 0.29) is 28.8 Å². The summed E-state index contributed by atoms with van der Waals surface area (Å²) in [7, 11) is 1.74. The van der Waals surface area contributed by atoms with Crippen LogP contribution in [-0.4, -0.2) is 30.2 Å². The molecule has 0 bridgehead atoms. The number of hydroxylamine groups is 1. The molecule has 0 unspecified atom stereocenters. The van der Waals surface area contributed by atoms with Gasteiger partial charge in [0.25, 0.3) is 11.5 Å². The van der Waals surface area contributed by atoms with Crippen molar-refractivity contribution in [2.24, 2.45) is 7.05 Å². The highest BCUT2D eigenvalue weighted by Crippen LogP contribution is 2.29. The summed E-state index contributed by atoms with van der Waals surface area (Å²) in [5, 5.41) is 9.10. The Kier molecular flexibility index (Phi) is 5.50. The molecule has 0 atom stereocenters. The van der Waals surface area contributed by atoms with Gasteiger partial charge in [-0.15, -0.1) is 0 Å². The number of fused-ring (bicyclic) bond motifs is 1. The maximum absolute atomic E-state index is 13.4. The Labute approximate surface area is 184 Å². The van der Waals surface area contributed by atoms with Gasteiger partial charge in [-0.25, -0.2) is 15.4 Å². The lowest BCUT2D eigenvalue weighted by molar-refractivity contribution is -0.137. The van der Waals surface area contributed by atoms with Gasteiger partial charge in [-0.05, 0) is 42.8 Å². The molecule has 33 heavy (non-hydrogen) atoms. The monoisotopic (exact) mass is 457 g/mol. The number of halogens is 3. The molecule has 2 N–H and O–H groups in total. The van der Waals surface area contributed by atoms with E-state index in [9.17, 15) is 22.8 Å². The molecule has 0 saturated carbocycles. The Balaban J connectivity index is 1.91. The summed E-state index contributed by atoms with van der Waals surface area (Å²) < 4.78 is 41.8. The molecule has 1 amide bonds. The first-order valence-electron chi connectivity index (χ1n) is 9.74. The molecule has 4 rings (SSSR count). The quantitative estimate of drug-likeness (QED) is 0.362. The Hall–Kier alpha value is -3.99. The van der Waals surface area contributed by atoms with Crippen molar-refractivity contribution in [1.82, 2.24) is 24.6 Å². The first-order chi connectivity index (χ1) is 15.6. The van der Waals surface area contributed by atoms with Crippen molar-refractivity contribution in [2.75, 3.05) is 0 Å². The summed E-state index contributed by atoms with van der Waals surface area (Å²) in [6.45, 7) is 1.74. The van der Waals surface area contributed by atoms with Gasteiger partial charge in [0, 0.05) is 12.6 Å². The lowest BCUT2D eigenvalue weighted by Gasteiger charge is -2.15. The van der Waals surface area contributed by atoms with E-state index in [0.717, 1.165) is 12.1 Å². The number of carbonyl (C=O) groups excluding carboxylic acids is 1. The number of rotatable bonds is 4. The van der Waals surface area contributed by atoms with Crippen LogP contribution in [0.3, 0.4) is 0 Å². The maximum atomic E-state index is 13.4. The first kappa shape index (κ1) is 22.2. The van der Waals surface area contributed by atoms with Gasteiger partial charge in [0.2, 0.25) is 0 Å². The van der Waals surface area contributed by atoms with E-state index in [0.29, 0.717) is 17.1 Å². The number of aromatic nitrogens is 4. The summed E-state index contributed by atoms with van der Waals surface area (Å²) in [6, 6.07) is 8.70. The van der Waals surface area contributed by atoms with Gasteiger partial charge in [-0.2, -0.15) is 13.2 Å². The van der Waals surface area contributed by atoms with E-state index < -0.39 is 23.2 Å². The molecule has 0 fully saturated rings. The molecule has 0 saturated heterocycles. The number of imidazole rings is 1. The SMILES string of the molecule is Cc1ncc(-c2nc3cc(C(=O)NO)ccc3c(=O)n2Cc2ccc(C(F)(F)F)cc2)n1C. The topological polar surface area (TPSA) is 102 Å². The maximum Gasteiger partial charge on any atom is 0.416 e. The lowest BCUT2D eigenvalue weighted by Crippen LogP contribution is -2.25. The fraction of sp³-hybridized carbons (Fsp3) is 0.182. The minimum absolute atomic E-state index is 0.0294. The van der Waals surface area contributed by atoms with E-state index >= 15 is 0 Å². The number of hydrogen-bond acceptors (Lipinski definition) is 5. The average molecular weight is 457 g/mol. The summed E-state index contributed by atoms with van der Waals surface area (Å²) >= 11 is 0. The van der Waals surface area contributed by atoms with E-state index in [2.05, 4.69) is 9.97 Å². The Morgan fingerprint density at radius 1 is 1.15 bits per heavy atom. The average Bonchev–Trinajstić information content (AvgIpc) is 3.12. The van der Waals surface area contributed by atoms with Crippen LogP contribution in [0.15, 0.2) is 53.5 Å². The zero-order chi connectivity index (χ0) is 23.9. The second kappa shape index (κ2) is 8.17. The molecule has 8 nitrogen and oxygen atoms in total. The molecule has 4 aromatic rings. The van der Waals surface area contributed by atoms with E-state index in [4.69, 9.17) is 5.21 Å². The van der Waals surface area contributed by atoms with Gasteiger partial charge in [0.05, 0.1) is 29.2 Å². The Bertz CT molecular complexity index is 1420. The molecule has 0 spiro atoms. The zero-order valence-corrected chi connectivity index (χ0v) is 17.5. The van der Waals surface area contributed by atoms with Crippen molar-refractivity contribution in [3.05, 3.63) is 81.5 Å². The zero-order valence-electron chi connectivity index (χ0n) is 17.5. The molecular weight excluding hydrogens is 439 g/mol. The van der Waals surface area contributed by atoms with Crippen LogP contribution in [-0.2, 0) is 19.8 Å². The van der Waals surface area contributed by atoms with Crippen molar-refractivity contribution in [1.29, 1.82) is 0 Å². The van der Waals surface area contributed by atoms with Crippen molar-refractivity contribution in [3.63, 3.8) is 0 Å². The standard InChI is InChI=1S/C22H18F3N5O3/c1-12-26-10-18(29(12)2)19-27-17-9-14(20(31)28-33)5-8-16(17)21(32)30(19)11-13-3-6-15(7-4-13)22(23,24)25/h3-10,33H,11H2,1-2H3,(H,28,31). The predicted octanol–water partition coefficient (Wildman–Crippen LogP) is 3.29. The molecule has 0 aliphatic rings. The molecule has 2 heterocycles. The van der Waals surface area contributed by atoms with Gasteiger partial charge in [0.1, 0.15) is 11.5 Å². The number of alkyl halides is 3. The molecule has 11 heteroatoms. The van der Waals surface area contributed by atoms with Gasteiger partial charge >= 0.3 is 6.18 Å². The van der Waals surface area contributed by atoms with Crippen molar-refractivity contribution >= 4 is 16.8 Å². The van der Waals surface area contributed by atoms with E-state index in [1.54, 1.807) is 18.5 Å². The predicted molar refractivity (Wildman–Crippen MR) is 113 cm³/mol. The van der Waals surface area contributed by atoms with E-state index in [1.165, 1.54) is 46.6 Å². The normalized spacial score (nSPS) is 11.7. The van der Waals surface area contributed by atoms with Crippen LogP contribution in [0.25, 0.3) is 22.4 Å². The number of nitrogens with one attached hydrogen (secondary N) is 1. The van der Waals surface area contributed by atoms with Crippen LogP contribution < -0.4 is 11.0 Å². The van der Waals surface area contributed by atoms with Crippen molar-refractivity contribution in [2.45, 2.75) is 19.6 Å². The minimum atomic E-state index is -4.46. The van der Waals surface area contributed by atoms with Crippen LogP contribution in [0.1, 0.15) is 27.3 Å². The van der Waals surface area contributed by atoms with E-state index in [1.807, 2.05) is 0 Å². The molecule has 2 aromatic carbocycles. The van der Waals surface area contributed by atoms with Gasteiger partial charge in [-0.1, -0.05) is 12.1 Å². The second-order valence-electron chi connectivity index (χ2n) is 7.44. The lowest BCUT2D eigenvalue weighted by atomic mass is 10.1. The number of amides is 1. The number of hydrogen-bond donors (Lipinski definition) is 2. The molecule has 0 aliphatic heterocycles. The van der Waals surface area contributed by atoms with Crippen LogP contribution in [0.5, 0.6) is 0 Å². The van der Waals surface area contributed by atoms with Gasteiger partial charge in [0.15, 0.2) is 5.82 Å². The summed E-state index contributed by atoms with van der Waals surface area (Å²) in [5.41, 5.74) is 1.62.